The van der Waals surface area contributed by atoms with Gasteiger partial charge in [-0.25, -0.2) is 4.99 Å². The molecule has 0 atom stereocenters. The predicted molar refractivity (Wildman–Crippen MR) is 119 cm³/mol. The molecule has 2 aliphatic heterocycles. The fourth-order valence-electron chi connectivity index (χ4n) is 3.90. The number of pyridine rings is 1. The molecule has 1 saturated heterocycles. The van der Waals surface area contributed by atoms with Crippen LogP contribution < -0.4 is 4.74 Å². The monoisotopic (exact) mass is 423 g/mol. The van der Waals surface area contributed by atoms with Gasteiger partial charge < -0.3 is 24.2 Å². The number of hydrogen-bond donors (Lipinski definition) is 1. The van der Waals surface area contributed by atoms with E-state index in [9.17, 15) is 5.11 Å². The zero-order valence-electron chi connectivity index (χ0n) is 18.1. The first-order chi connectivity index (χ1) is 15.2. The largest absolute Gasteiger partial charge is 0.468 e. The van der Waals surface area contributed by atoms with E-state index in [2.05, 4.69) is 24.0 Å². The van der Waals surface area contributed by atoms with Crippen LogP contribution in [0.4, 0.5) is 0 Å². The fraction of sp³-hybridized carbons (Fsp3) is 0.417. The quantitative estimate of drug-likeness (QED) is 0.745. The number of allylic oxidation sites excluding steroid dienone is 1. The summed E-state index contributed by atoms with van der Waals surface area (Å²) in [5.74, 6) is 1.61. The summed E-state index contributed by atoms with van der Waals surface area (Å²) in [6.07, 6.45) is 3.45. The normalized spacial score (nSPS) is 17.0. The van der Waals surface area contributed by atoms with Crippen LogP contribution in [0, 0.1) is 0 Å². The van der Waals surface area contributed by atoms with Crippen LogP contribution in [0.3, 0.4) is 0 Å². The fourth-order valence-corrected chi connectivity index (χ4v) is 3.90. The van der Waals surface area contributed by atoms with Crippen molar-refractivity contribution in [2.45, 2.75) is 26.4 Å². The smallest absolute Gasteiger partial charge is 0.188 e. The number of aliphatic hydroxyl groups is 1. The number of benzene rings is 1. The van der Waals surface area contributed by atoms with Crippen LogP contribution in [-0.2, 0) is 22.5 Å². The van der Waals surface area contributed by atoms with Crippen LogP contribution in [0.25, 0.3) is 5.70 Å². The maximum absolute atomic E-state index is 9.58. The zero-order chi connectivity index (χ0) is 21.6. The summed E-state index contributed by atoms with van der Waals surface area (Å²) in [6, 6.07) is 10.0. The average molecular weight is 424 g/mol. The van der Waals surface area contributed by atoms with Crippen LogP contribution in [0.15, 0.2) is 47.1 Å². The minimum Gasteiger partial charge on any atom is -0.468 e. The van der Waals surface area contributed by atoms with Crippen LogP contribution in [0.5, 0.6) is 5.75 Å². The number of aliphatic imine (C=N–C) groups is 1. The number of aryl methyl sites for hydroxylation is 1. The molecule has 1 N–H and O–H groups in total. The van der Waals surface area contributed by atoms with Crippen molar-refractivity contribution in [3.8, 4) is 5.75 Å². The van der Waals surface area contributed by atoms with Crippen molar-refractivity contribution >= 4 is 11.5 Å². The highest BCUT2D eigenvalue weighted by Gasteiger charge is 2.24. The van der Waals surface area contributed by atoms with Gasteiger partial charge in [0.25, 0.3) is 0 Å². The number of rotatable bonds is 5. The molecule has 4 rings (SSSR count). The Balaban J connectivity index is 1.80. The SMILES string of the molecule is COCOc1cccc(C2=C(C)CCc3cc(CO)cnc3C(N3CCOCC3)=N2)c1. The first kappa shape index (κ1) is 21.5. The molecule has 0 spiro atoms. The Bertz CT molecular complexity index is 981. The number of methoxy groups -OCH3 is 1. The standard InChI is InChI=1S/C24H29N3O4/c1-17-6-7-20-12-18(15-28)14-25-23(20)24(27-8-10-30-11-9-27)26-22(17)19-4-3-5-21(13-19)31-16-29-2/h3-5,12-14,28H,6-11,15-16H2,1-2H3. The molecule has 0 bridgehead atoms. The molecule has 0 aliphatic carbocycles. The third kappa shape index (κ3) is 4.95. The van der Waals surface area contributed by atoms with Crippen molar-refractivity contribution in [1.29, 1.82) is 0 Å². The third-order valence-corrected chi connectivity index (χ3v) is 5.57. The van der Waals surface area contributed by atoms with E-state index in [0.717, 1.165) is 65.6 Å². The maximum Gasteiger partial charge on any atom is 0.188 e. The Labute approximate surface area is 183 Å². The number of fused-ring (bicyclic) bond motifs is 1. The first-order valence-corrected chi connectivity index (χ1v) is 10.6. The zero-order valence-corrected chi connectivity index (χ0v) is 18.1. The minimum atomic E-state index is -0.0152. The van der Waals surface area contributed by atoms with Gasteiger partial charge in [-0.15, -0.1) is 0 Å². The molecule has 2 aliphatic rings. The van der Waals surface area contributed by atoms with Gasteiger partial charge in [-0.3, -0.25) is 4.98 Å². The lowest BCUT2D eigenvalue weighted by atomic mass is 9.96. The lowest BCUT2D eigenvalue weighted by Gasteiger charge is -2.31. The molecule has 164 valence electrons. The van der Waals surface area contributed by atoms with Crippen LogP contribution in [0.1, 0.15) is 35.7 Å². The van der Waals surface area contributed by atoms with E-state index < -0.39 is 0 Å². The molecule has 1 fully saturated rings. The van der Waals surface area contributed by atoms with E-state index in [1.165, 1.54) is 5.57 Å². The van der Waals surface area contributed by atoms with Crippen LogP contribution in [0.2, 0.25) is 0 Å². The summed E-state index contributed by atoms with van der Waals surface area (Å²) < 4.78 is 16.2. The van der Waals surface area contributed by atoms with Crippen molar-refractivity contribution in [3.63, 3.8) is 0 Å². The van der Waals surface area contributed by atoms with Gasteiger partial charge >= 0.3 is 0 Å². The summed E-state index contributed by atoms with van der Waals surface area (Å²) in [5, 5.41) is 9.58. The van der Waals surface area contributed by atoms with Crippen LogP contribution in [-0.4, -0.2) is 61.0 Å². The van der Waals surface area contributed by atoms with E-state index in [1.54, 1.807) is 13.3 Å². The van der Waals surface area contributed by atoms with E-state index in [1.807, 2.05) is 18.2 Å². The van der Waals surface area contributed by atoms with Crippen molar-refractivity contribution in [1.82, 2.24) is 9.88 Å². The number of morpholine rings is 1. The Hall–Kier alpha value is -2.74. The summed E-state index contributed by atoms with van der Waals surface area (Å²) in [7, 11) is 1.61. The van der Waals surface area contributed by atoms with Gasteiger partial charge in [0.1, 0.15) is 11.4 Å². The molecule has 7 nitrogen and oxygen atoms in total. The summed E-state index contributed by atoms with van der Waals surface area (Å²) in [4.78, 5) is 12.2. The van der Waals surface area contributed by atoms with Crippen LogP contribution >= 0.6 is 0 Å². The number of hydrogen-bond acceptors (Lipinski definition) is 7. The Morgan fingerprint density at radius 2 is 2.00 bits per heavy atom. The molecule has 1 aromatic carbocycles. The predicted octanol–water partition coefficient (Wildman–Crippen LogP) is 3.01. The van der Waals surface area contributed by atoms with E-state index in [0.29, 0.717) is 13.2 Å². The number of nitrogens with zero attached hydrogens (tertiary/aromatic N) is 3. The molecule has 1 aromatic heterocycles. The van der Waals surface area contributed by atoms with Gasteiger partial charge in [0.15, 0.2) is 12.6 Å². The highest BCUT2D eigenvalue weighted by Crippen LogP contribution is 2.30. The Morgan fingerprint density at radius 3 is 2.77 bits per heavy atom. The second-order valence-corrected chi connectivity index (χ2v) is 7.75. The van der Waals surface area contributed by atoms with Crippen molar-refractivity contribution in [2.75, 3.05) is 40.2 Å². The van der Waals surface area contributed by atoms with E-state index in [4.69, 9.17) is 24.2 Å². The Morgan fingerprint density at radius 1 is 1.16 bits per heavy atom. The van der Waals surface area contributed by atoms with Gasteiger partial charge in [0, 0.05) is 32.0 Å². The van der Waals surface area contributed by atoms with Gasteiger partial charge in [-0.2, -0.15) is 0 Å². The average Bonchev–Trinajstić information content (AvgIpc) is 2.81. The molecule has 31 heavy (non-hydrogen) atoms. The lowest BCUT2D eigenvalue weighted by molar-refractivity contribution is 0.0511. The molecular weight excluding hydrogens is 394 g/mol. The molecule has 0 unspecified atom stereocenters. The van der Waals surface area contributed by atoms with Gasteiger partial charge in [-0.05, 0) is 54.7 Å². The number of aliphatic hydroxyl groups excluding tert-OH is 1. The van der Waals surface area contributed by atoms with Gasteiger partial charge in [-0.1, -0.05) is 12.1 Å². The van der Waals surface area contributed by atoms with Gasteiger partial charge in [0.2, 0.25) is 0 Å². The molecule has 0 radical (unpaired) electrons. The topological polar surface area (TPSA) is 76.4 Å². The first-order valence-electron chi connectivity index (χ1n) is 10.6. The van der Waals surface area contributed by atoms with Crippen molar-refractivity contribution in [2.24, 2.45) is 4.99 Å². The second kappa shape index (κ2) is 10.0. The highest BCUT2D eigenvalue weighted by molar-refractivity contribution is 6.02. The lowest BCUT2D eigenvalue weighted by Crippen LogP contribution is -2.42. The second-order valence-electron chi connectivity index (χ2n) is 7.75. The molecule has 0 saturated carbocycles. The van der Waals surface area contributed by atoms with E-state index in [-0.39, 0.29) is 13.4 Å². The summed E-state index contributed by atoms with van der Waals surface area (Å²) in [6.45, 7) is 5.19. The summed E-state index contributed by atoms with van der Waals surface area (Å²) >= 11 is 0. The molecule has 2 aromatic rings. The molecule has 3 heterocycles. The number of amidine groups is 1. The Kier molecular flexibility index (Phi) is 6.96. The molecule has 7 heteroatoms. The highest BCUT2D eigenvalue weighted by atomic mass is 16.7. The minimum absolute atomic E-state index is 0.0152. The number of aromatic nitrogens is 1. The third-order valence-electron chi connectivity index (χ3n) is 5.57. The maximum atomic E-state index is 9.58. The number of ether oxygens (including phenoxy) is 3. The van der Waals surface area contributed by atoms with Gasteiger partial charge in [0.05, 0.1) is 25.5 Å². The molecule has 0 amide bonds. The van der Waals surface area contributed by atoms with Crippen molar-refractivity contribution in [3.05, 3.63) is 64.5 Å². The van der Waals surface area contributed by atoms with Crippen molar-refractivity contribution < 1.29 is 19.3 Å². The molecular formula is C24H29N3O4. The van der Waals surface area contributed by atoms with E-state index >= 15 is 0 Å². The summed E-state index contributed by atoms with van der Waals surface area (Å²) in [5.41, 5.74) is 5.98.